The third-order valence-corrected chi connectivity index (χ3v) is 3.87. The zero-order valence-electron chi connectivity index (χ0n) is 11.7. The number of carboxylic acid groups (broad SMARTS) is 1. The summed E-state index contributed by atoms with van der Waals surface area (Å²) in [4.78, 5) is 25.2. The number of benzene rings is 1. The molecule has 1 saturated heterocycles. The highest BCUT2D eigenvalue weighted by atomic mass is 16.5. The highest BCUT2D eigenvalue weighted by Crippen LogP contribution is 2.38. The number of hydrogen-bond acceptors (Lipinski definition) is 3. The Kier molecular flexibility index (Phi) is 4.27. The molecule has 2 atom stereocenters. The third kappa shape index (κ3) is 2.61. The molecule has 1 heterocycles. The van der Waals surface area contributed by atoms with Gasteiger partial charge in [0.2, 0.25) is 5.91 Å². The summed E-state index contributed by atoms with van der Waals surface area (Å²) in [6.45, 7) is 0. The maximum atomic E-state index is 12.1. The van der Waals surface area contributed by atoms with Gasteiger partial charge in [0.25, 0.3) is 0 Å². The standard InChI is InChI=1S/C15H19NO4/c1-16-13(17)9-5-7-11(15(18)19)14(16)10-6-3-4-8-12(10)20-2/h3-4,6,8,11,14H,5,7,9H2,1-2H3,(H,18,19). The van der Waals surface area contributed by atoms with Gasteiger partial charge in [0.05, 0.1) is 19.1 Å². The number of carbonyl (C=O) groups is 2. The summed E-state index contributed by atoms with van der Waals surface area (Å²) in [6.07, 6.45) is 1.49. The lowest BCUT2D eigenvalue weighted by Gasteiger charge is -2.31. The Labute approximate surface area is 118 Å². The minimum Gasteiger partial charge on any atom is -0.496 e. The molecule has 1 aliphatic heterocycles. The van der Waals surface area contributed by atoms with Crippen LogP contribution >= 0.6 is 0 Å². The number of amides is 1. The first-order chi connectivity index (χ1) is 9.56. The number of likely N-dealkylation sites (tertiary alicyclic amines) is 1. The highest BCUT2D eigenvalue weighted by Gasteiger charge is 2.38. The lowest BCUT2D eigenvalue weighted by atomic mass is 9.89. The number of aliphatic carboxylic acids is 1. The van der Waals surface area contributed by atoms with Crippen LogP contribution in [-0.2, 0) is 9.59 Å². The van der Waals surface area contributed by atoms with Crippen LogP contribution in [0.3, 0.4) is 0 Å². The number of methoxy groups -OCH3 is 1. The summed E-state index contributed by atoms with van der Waals surface area (Å²) in [5.41, 5.74) is 0.750. The summed E-state index contributed by atoms with van der Waals surface area (Å²) in [6, 6.07) is 6.79. The Morgan fingerprint density at radius 2 is 2.10 bits per heavy atom. The molecule has 5 nitrogen and oxygen atoms in total. The van der Waals surface area contributed by atoms with Gasteiger partial charge < -0.3 is 14.7 Å². The maximum absolute atomic E-state index is 12.1. The molecule has 20 heavy (non-hydrogen) atoms. The second-order valence-electron chi connectivity index (χ2n) is 5.03. The summed E-state index contributed by atoms with van der Waals surface area (Å²) in [7, 11) is 3.22. The molecule has 0 bridgehead atoms. The van der Waals surface area contributed by atoms with E-state index in [0.29, 0.717) is 25.0 Å². The Morgan fingerprint density at radius 3 is 2.75 bits per heavy atom. The van der Waals surface area contributed by atoms with Crippen molar-refractivity contribution in [3.63, 3.8) is 0 Å². The molecule has 1 aromatic rings. The number of rotatable bonds is 3. The van der Waals surface area contributed by atoms with Crippen molar-refractivity contribution in [1.29, 1.82) is 0 Å². The lowest BCUT2D eigenvalue weighted by molar-refractivity contribution is -0.145. The van der Waals surface area contributed by atoms with Gasteiger partial charge in [-0.1, -0.05) is 18.2 Å². The fourth-order valence-corrected chi connectivity index (χ4v) is 2.83. The van der Waals surface area contributed by atoms with Crippen molar-refractivity contribution in [2.75, 3.05) is 14.2 Å². The highest BCUT2D eigenvalue weighted by molar-refractivity contribution is 5.79. The number of nitrogens with zero attached hydrogens (tertiary/aromatic N) is 1. The van der Waals surface area contributed by atoms with E-state index in [1.807, 2.05) is 18.2 Å². The molecule has 1 N–H and O–H groups in total. The Morgan fingerprint density at radius 1 is 1.40 bits per heavy atom. The van der Waals surface area contributed by atoms with Crippen molar-refractivity contribution in [2.45, 2.75) is 25.3 Å². The third-order valence-electron chi connectivity index (χ3n) is 3.87. The molecule has 108 valence electrons. The van der Waals surface area contributed by atoms with Gasteiger partial charge in [-0.2, -0.15) is 0 Å². The minimum atomic E-state index is -0.873. The summed E-state index contributed by atoms with van der Waals surface area (Å²) in [5.74, 6) is -0.889. The van der Waals surface area contributed by atoms with Crippen molar-refractivity contribution in [1.82, 2.24) is 4.90 Å². The van der Waals surface area contributed by atoms with E-state index in [1.165, 1.54) is 0 Å². The molecule has 0 aliphatic carbocycles. The second-order valence-corrected chi connectivity index (χ2v) is 5.03. The van der Waals surface area contributed by atoms with Crippen LogP contribution in [0.2, 0.25) is 0 Å². The summed E-state index contributed by atoms with van der Waals surface area (Å²) in [5, 5.41) is 9.48. The van der Waals surface area contributed by atoms with Gasteiger partial charge in [-0.15, -0.1) is 0 Å². The van der Waals surface area contributed by atoms with E-state index in [-0.39, 0.29) is 5.91 Å². The van der Waals surface area contributed by atoms with E-state index in [2.05, 4.69) is 0 Å². The lowest BCUT2D eigenvalue weighted by Crippen LogP contribution is -2.36. The fourth-order valence-electron chi connectivity index (χ4n) is 2.83. The molecule has 0 aromatic heterocycles. The molecule has 1 aromatic carbocycles. The average molecular weight is 277 g/mol. The number of carboxylic acids is 1. The predicted molar refractivity (Wildman–Crippen MR) is 73.5 cm³/mol. The predicted octanol–water partition coefficient (Wildman–Crippen LogP) is 2.08. The minimum absolute atomic E-state index is 0.0235. The van der Waals surface area contributed by atoms with Gasteiger partial charge in [0.15, 0.2) is 0 Å². The van der Waals surface area contributed by atoms with E-state index in [9.17, 15) is 14.7 Å². The fraction of sp³-hybridized carbons (Fsp3) is 0.467. The van der Waals surface area contributed by atoms with Gasteiger partial charge in [-0.05, 0) is 18.9 Å². The van der Waals surface area contributed by atoms with E-state index in [4.69, 9.17) is 4.74 Å². The molecule has 1 amide bonds. The molecule has 0 radical (unpaired) electrons. The van der Waals surface area contributed by atoms with Crippen LogP contribution < -0.4 is 4.74 Å². The second kappa shape index (κ2) is 5.94. The van der Waals surface area contributed by atoms with Crippen molar-refractivity contribution >= 4 is 11.9 Å². The molecule has 1 fully saturated rings. The molecule has 2 unspecified atom stereocenters. The van der Waals surface area contributed by atoms with Crippen molar-refractivity contribution in [3.05, 3.63) is 29.8 Å². The number of para-hydroxylation sites is 1. The van der Waals surface area contributed by atoms with Crippen LogP contribution in [0.25, 0.3) is 0 Å². The zero-order valence-corrected chi connectivity index (χ0v) is 11.7. The van der Waals surface area contributed by atoms with Gasteiger partial charge >= 0.3 is 5.97 Å². The Balaban J connectivity index is 2.50. The van der Waals surface area contributed by atoms with Crippen LogP contribution in [0.15, 0.2) is 24.3 Å². The first-order valence-corrected chi connectivity index (χ1v) is 6.67. The van der Waals surface area contributed by atoms with Crippen molar-refractivity contribution < 1.29 is 19.4 Å². The number of carbonyl (C=O) groups excluding carboxylic acids is 1. The molecule has 0 spiro atoms. The zero-order chi connectivity index (χ0) is 14.7. The molecule has 0 saturated carbocycles. The van der Waals surface area contributed by atoms with Gasteiger partial charge in [0, 0.05) is 19.0 Å². The largest absolute Gasteiger partial charge is 0.496 e. The van der Waals surface area contributed by atoms with Crippen molar-refractivity contribution in [2.24, 2.45) is 5.92 Å². The Bertz CT molecular complexity index is 514. The molecular weight excluding hydrogens is 258 g/mol. The van der Waals surface area contributed by atoms with Crippen molar-refractivity contribution in [3.8, 4) is 5.75 Å². The Hall–Kier alpha value is -2.04. The van der Waals surface area contributed by atoms with Crippen LogP contribution in [0.4, 0.5) is 0 Å². The molecule has 2 rings (SSSR count). The van der Waals surface area contributed by atoms with Crippen LogP contribution in [-0.4, -0.2) is 36.0 Å². The molecule has 5 heteroatoms. The van der Waals surface area contributed by atoms with Crippen LogP contribution in [0.5, 0.6) is 5.75 Å². The smallest absolute Gasteiger partial charge is 0.308 e. The number of ether oxygens (including phenoxy) is 1. The molecule has 1 aliphatic rings. The normalized spacial score (nSPS) is 23.3. The van der Waals surface area contributed by atoms with Crippen LogP contribution in [0.1, 0.15) is 30.9 Å². The van der Waals surface area contributed by atoms with Gasteiger partial charge in [0.1, 0.15) is 5.75 Å². The summed E-state index contributed by atoms with van der Waals surface area (Å²) >= 11 is 0. The first kappa shape index (κ1) is 14.4. The SMILES string of the molecule is COc1ccccc1C1C(C(=O)O)CCCC(=O)N1C. The topological polar surface area (TPSA) is 66.8 Å². The first-order valence-electron chi connectivity index (χ1n) is 6.67. The molecular formula is C15H19NO4. The average Bonchev–Trinajstić information content (AvgIpc) is 2.59. The van der Waals surface area contributed by atoms with E-state index in [1.54, 1.807) is 25.1 Å². The monoisotopic (exact) mass is 277 g/mol. The number of hydrogen-bond donors (Lipinski definition) is 1. The van der Waals surface area contributed by atoms with Gasteiger partial charge in [-0.3, -0.25) is 9.59 Å². The van der Waals surface area contributed by atoms with E-state index in [0.717, 1.165) is 5.56 Å². The summed E-state index contributed by atoms with van der Waals surface area (Å²) < 4.78 is 5.32. The van der Waals surface area contributed by atoms with E-state index < -0.39 is 17.9 Å². The quantitative estimate of drug-likeness (QED) is 0.918. The van der Waals surface area contributed by atoms with Gasteiger partial charge in [-0.25, -0.2) is 0 Å². The van der Waals surface area contributed by atoms with Crippen LogP contribution in [0, 0.1) is 5.92 Å². The maximum Gasteiger partial charge on any atom is 0.308 e. The van der Waals surface area contributed by atoms with E-state index >= 15 is 0 Å².